The highest BCUT2D eigenvalue weighted by Gasteiger charge is 2.38. The number of amides is 1. The van der Waals surface area contributed by atoms with Crippen LogP contribution in [0.25, 0.3) is 11.1 Å². The van der Waals surface area contributed by atoms with Crippen LogP contribution in [0, 0.1) is 0 Å². The summed E-state index contributed by atoms with van der Waals surface area (Å²) in [5.41, 5.74) is 2.64. The van der Waals surface area contributed by atoms with Crippen molar-refractivity contribution in [1.29, 1.82) is 0 Å². The lowest BCUT2D eigenvalue weighted by atomic mass is 9.84. The molecule has 1 amide bonds. The minimum absolute atomic E-state index is 0.116. The first kappa shape index (κ1) is 22.5. The molecule has 0 aliphatic carbocycles. The molecule has 1 fully saturated rings. The van der Waals surface area contributed by atoms with Crippen molar-refractivity contribution in [2.24, 2.45) is 5.10 Å². The van der Waals surface area contributed by atoms with Crippen LogP contribution in [-0.4, -0.2) is 60.1 Å². The van der Waals surface area contributed by atoms with Gasteiger partial charge in [-0.3, -0.25) is 9.80 Å². The van der Waals surface area contributed by atoms with Gasteiger partial charge in [-0.15, -0.1) is 0 Å². The molecule has 2 aromatic rings. The second-order valence-electron chi connectivity index (χ2n) is 8.70. The van der Waals surface area contributed by atoms with Crippen LogP contribution in [0.15, 0.2) is 59.7 Å². The van der Waals surface area contributed by atoms with Crippen molar-refractivity contribution in [2.45, 2.75) is 50.7 Å². The number of hydrogen-bond acceptors (Lipinski definition) is 5. The van der Waals surface area contributed by atoms with Gasteiger partial charge >= 0.3 is 0 Å². The second kappa shape index (κ2) is 10.3. The molecule has 2 heterocycles. The maximum absolute atomic E-state index is 12.3. The second-order valence-corrected chi connectivity index (χ2v) is 8.70. The van der Waals surface area contributed by atoms with Crippen molar-refractivity contribution in [3.8, 4) is 11.1 Å². The van der Waals surface area contributed by atoms with Gasteiger partial charge in [0.2, 0.25) is 5.91 Å². The van der Waals surface area contributed by atoms with Gasteiger partial charge in [0, 0.05) is 32.3 Å². The average molecular weight is 436 g/mol. The Labute approximate surface area is 190 Å². The molecule has 1 N–H and O–H groups in total. The standard InChI is InChI=1S/C26H33N3O3/c1-2-32-19-13-25(30)28-17-14-26(31,15-18-28)20-24-12-16-27-29(24)23-10-8-22(9-11-23)21-6-4-3-5-7-21/h3-11,16,24,31H,2,12-15,17-20H2,1H3. The SMILES string of the molecule is CCOCCC(=O)N1CCC(O)(CC2CC=NN2c2ccc(-c3ccccc3)cc2)CC1. The van der Waals surface area contributed by atoms with E-state index >= 15 is 0 Å². The van der Waals surface area contributed by atoms with Crippen LogP contribution in [0.5, 0.6) is 0 Å². The Kier molecular flexibility index (Phi) is 7.22. The first-order valence-electron chi connectivity index (χ1n) is 11.6. The highest BCUT2D eigenvalue weighted by Crippen LogP contribution is 2.34. The van der Waals surface area contributed by atoms with E-state index in [4.69, 9.17) is 4.74 Å². The molecule has 0 saturated carbocycles. The maximum Gasteiger partial charge on any atom is 0.224 e. The Hall–Kier alpha value is -2.70. The zero-order chi connectivity index (χ0) is 22.4. The number of ether oxygens (including phenoxy) is 1. The zero-order valence-corrected chi connectivity index (χ0v) is 18.8. The Morgan fingerprint density at radius 1 is 1.09 bits per heavy atom. The Morgan fingerprint density at radius 2 is 1.78 bits per heavy atom. The molecule has 2 aliphatic heterocycles. The van der Waals surface area contributed by atoms with Gasteiger partial charge in [0.25, 0.3) is 0 Å². The molecule has 0 spiro atoms. The van der Waals surface area contributed by atoms with E-state index in [0.29, 0.717) is 52.0 Å². The van der Waals surface area contributed by atoms with Gasteiger partial charge < -0.3 is 14.7 Å². The van der Waals surface area contributed by atoms with Crippen LogP contribution in [0.3, 0.4) is 0 Å². The number of anilines is 1. The van der Waals surface area contributed by atoms with Crippen molar-refractivity contribution in [3.63, 3.8) is 0 Å². The van der Waals surface area contributed by atoms with Gasteiger partial charge in [-0.25, -0.2) is 0 Å². The number of carbonyl (C=O) groups is 1. The van der Waals surface area contributed by atoms with E-state index in [1.165, 1.54) is 11.1 Å². The summed E-state index contributed by atoms with van der Waals surface area (Å²) >= 11 is 0. The third kappa shape index (κ3) is 5.37. The van der Waals surface area contributed by atoms with E-state index in [-0.39, 0.29) is 11.9 Å². The fraction of sp³-hybridized carbons (Fsp3) is 0.462. The highest BCUT2D eigenvalue weighted by molar-refractivity contribution is 5.76. The largest absolute Gasteiger partial charge is 0.390 e. The molecule has 6 heteroatoms. The fourth-order valence-electron chi connectivity index (χ4n) is 4.61. The summed E-state index contributed by atoms with van der Waals surface area (Å²) < 4.78 is 5.29. The van der Waals surface area contributed by atoms with Crippen LogP contribution in [-0.2, 0) is 9.53 Å². The summed E-state index contributed by atoms with van der Waals surface area (Å²) in [6.07, 6.45) is 5.02. The van der Waals surface area contributed by atoms with E-state index in [2.05, 4.69) is 41.5 Å². The monoisotopic (exact) mass is 435 g/mol. The van der Waals surface area contributed by atoms with Crippen LogP contribution < -0.4 is 5.01 Å². The molecule has 6 nitrogen and oxygen atoms in total. The van der Waals surface area contributed by atoms with Gasteiger partial charge in [-0.2, -0.15) is 5.10 Å². The van der Waals surface area contributed by atoms with E-state index in [1.54, 1.807) is 0 Å². The summed E-state index contributed by atoms with van der Waals surface area (Å²) in [5, 5.41) is 17.9. The summed E-state index contributed by atoms with van der Waals surface area (Å²) in [6, 6.07) is 18.9. The number of carbonyl (C=O) groups excluding carboxylic acids is 1. The average Bonchev–Trinajstić information content (AvgIpc) is 3.28. The summed E-state index contributed by atoms with van der Waals surface area (Å²) in [5.74, 6) is 0.116. The molecular formula is C26H33N3O3. The molecule has 170 valence electrons. The van der Waals surface area contributed by atoms with E-state index < -0.39 is 5.60 Å². The molecule has 32 heavy (non-hydrogen) atoms. The number of nitrogens with zero attached hydrogens (tertiary/aromatic N) is 3. The molecular weight excluding hydrogens is 402 g/mol. The number of likely N-dealkylation sites (tertiary alicyclic amines) is 1. The predicted octanol–water partition coefficient (Wildman–Crippen LogP) is 4.09. The van der Waals surface area contributed by atoms with Crippen molar-refractivity contribution in [1.82, 2.24) is 4.90 Å². The molecule has 1 unspecified atom stereocenters. The summed E-state index contributed by atoms with van der Waals surface area (Å²) in [4.78, 5) is 14.2. The van der Waals surface area contributed by atoms with Crippen LogP contribution in [0.2, 0.25) is 0 Å². The summed E-state index contributed by atoms with van der Waals surface area (Å²) in [7, 11) is 0. The fourth-order valence-corrected chi connectivity index (χ4v) is 4.61. The quantitative estimate of drug-likeness (QED) is 0.635. The number of hydrogen-bond donors (Lipinski definition) is 1. The minimum atomic E-state index is -0.767. The van der Waals surface area contributed by atoms with Crippen molar-refractivity contribution in [3.05, 3.63) is 54.6 Å². The Bertz CT molecular complexity index is 906. The van der Waals surface area contributed by atoms with Crippen molar-refractivity contribution >= 4 is 17.8 Å². The first-order chi connectivity index (χ1) is 15.6. The number of benzene rings is 2. The molecule has 0 radical (unpaired) electrons. The van der Waals surface area contributed by atoms with Gasteiger partial charge in [-0.1, -0.05) is 42.5 Å². The van der Waals surface area contributed by atoms with Crippen LogP contribution in [0.4, 0.5) is 5.69 Å². The highest BCUT2D eigenvalue weighted by atomic mass is 16.5. The number of piperidine rings is 1. The Balaban J connectivity index is 1.34. The lowest BCUT2D eigenvalue weighted by Crippen LogP contribution is -2.49. The van der Waals surface area contributed by atoms with Gasteiger partial charge in [-0.05, 0) is 49.4 Å². The van der Waals surface area contributed by atoms with Crippen molar-refractivity contribution in [2.75, 3.05) is 31.3 Å². The molecule has 2 aromatic carbocycles. The maximum atomic E-state index is 12.3. The van der Waals surface area contributed by atoms with Crippen LogP contribution in [0.1, 0.15) is 39.0 Å². The number of hydrazone groups is 1. The minimum Gasteiger partial charge on any atom is -0.390 e. The smallest absolute Gasteiger partial charge is 0.224 e. The number of rotatable bonds is 8. The first-order valence-corrected chi connectivity index (χ1v) is 11.6. The lowest BCUT2D eigenvalue weighted by Gasteiger charge is -2.40. The van der Waals surface area contributed by atoms with Gasteiger partial charge in [0.15, 0.2) is 0 Å². The summed E-state index contributed by atoms with van der Waals surface area (Å²) in [6.45, 7) is 4.22. The van der Waals surface area contributed by atoms with E-state index in [1.807, 2.05) is 41.2 Å². The van der Waals surface area contributed by atoms with Gasteiger partial charge in [0.05, 0.1) is 30.4 Å². The Morgan fingerprint density at radius 3 is 2.47 bits per heavy atom. The van der Waals surface area contributed by atoms with E-state index in [9.17, 15) is 9.90 Å². The normalized spacial score (nSPS) is 20.0. The van der Waals surface area contributed by atoms with Gasteiger partial charge in [0.1, 0.15) is 0 Å². The molecule has 0 aromatic heterocycles. The van der Waals surface area contributed by atoms with Crippen molar-refractivity contribution < 1.29 is 14.6 Å². The molecule has 4 rings (SSSR count). The van der Waals surface area contributed by atoms with Crippen LogP contribution >= 0.6 is 0 Å². The third-order valence-corrected chi connectivity index (χ3v) is 6.50. The molecule has 1 atom stereocenters. The third-order valence-electron chi connectivity index (χ3n) is 6.50. The topological polar surface area (TPSA) is 65.4 Å². The zero-order valence-electron chi connectivity index (χ0n) is 18.8. The molecule has 1 saturated heterocycles. The predicted molar refractivity (Wildman–Crippen MR) is 128 cm³/mol. The van der Waals surface area contributed by atoms with E-state index in [0.717, 1.165) is 12.1 Å². The lowest BCUT2D eigenvalue weighted by molar-refractivity contribution is -0.136. The number of aliphatic hydroxyl groups is 1. The molecule has 0 bridgehead atoms. The molecule has 2 aliphatic rings.